The van der Waals surface area contributed by atoms with Crippen molar-refractivity contribution in [1.29, 1.82) is 0 Å². The van der Waals surface area contributed by atoms with Gasteiger partial charge in [-0.1, -0.05) is 18.2 Å². The fourth-order valence-electron chi connectivity index (χ4n) is 1.40. The largest absolute Gasteiger partial charge is 0.543 e. The second-order valence-corrected chi connectivity index (χ2v) is 3.57. The van der Waals surface area contributed by atoms with Gasteiger partial charge in [0.25, 0.3) is 0 Å². The van der Waals surface area contributed by atoms with Gasteiger partial charge in [0.2, 0.25) is 0 Å². The fraction of sp³-hybridized carbons (Fsp3) is 0.167. The lowest BCUT2D eigenvalue weighted by atomic mass is 10.2. The number of aromatic nitrogens is 2. The molecule has 0 aliphatic rings. The van der Waals surface area contributed by atoms with E-state index in [2.05, 4.69) is 5.10 Å². The number of rotatable bonds is 4. The molecule has 0 aliphatic heterocycles. The molecule has 0 bridgehead atoms. The van der Waals surface area contributed by atoms with E-state index in [9.17, 15) is 9.90 Å². The Morgan fingerprint density at radius 1 is 1.41 bits per heavy atom. The lowest BCUT2D eigenvalue weighted by Gasteiger charge is -2.08. The third kappa shape index (κ3) is 2.63. The summed E-state index contributed by atoms with van der Waals surface area (Å²) in [5.41, 5.74) is 0.915. The van der Waals surface area contributed by atoms with Crippen LogP contribution >= 0.6 is 0 Å². The van der Waals surface area contributed by atoms with E-state index < -0.39 is 5.97 Å². The maximum Gasteiger partial charge on any atom is 0.180 e. The number of hydrogen-bond acceptors (Lipinski definition) is 4. The summed E-state index contributed by atoms with van der Waals surface area (Å²) in [7, 11) is 0. The number of carbonyl (C=O) groups is 1. The van der Waals surface area contributed by atoms with Gasteiger partial charge < -0.3 is 14.6 Å². The Morgan fingerprint density at radius 2 is 2.18 bits per heavy atom. The Labute approximate surface area is 98.3 Å². The van der Waals surface area contributed by atoms with Crippen molar-refractivity contribution >= 4 is 5.97 Å². The van der Waals surface area contributed by atoms with Gasteiger partial charge in [-0.25, -0.2) is 4.68 Å². The first-order chi connectivity index (χ1) is 8.16. The van der Waals surface area contributed by atoms with Crippen molar-refractivity contribution in [2.75, 3.05) is 0 Å². The molecule has 0 unspecified atom stereocenters. The zero-order chi connectivity index (χ0) is 12.3. The molecule has 0 fully saturated rings. The molecular weight excluding hydrogens is 220 g/mol. The van der Waals surface area contributed by atoms with Crippen LogP contribution in [0.3, 0.4) is 0 Å². The van der Waals surface area contributed by atoms with E-state index in [1.807, 2.05) is 31.2 Å². The lowest BCUT2D eigenvalue weighted by Crippen LogP contribution is -2.23. The summed E-state index contributed by atoms with van der Waals surface area (Å²) in [6.45, 7) is 2.10. The van der Waals surface area contributed by atoms with Crippen molar-refractivity contribution < 1.29 is 14.6 Å². The van der Waals surface area contributed by atoms with Gasteiger partial charge in [-0.3, -0.25) is 0 Å². The van der Waals surface area contributed by atoms with E-state index in [1.54, 1.807) is 0 Å². The van der Waals surface area contributed by atoms with Gasteiger partial charge in [0.05, 0.1) is 5.97 Å². The molecule has 1 heterocycles. The van der Waals surface area contributed by atoms with Gasteiger partial charge >= 0.3 is 0 Å². The molecule has 1 aromatic carbocycles. The van der Waals surface area contributed by atoms with Gasteiger partial charge in [0.15, 0.2) is 6.73 Å². The van der Waals surface area contributed by atoms with Crippen LogP contribution in [0.2, 0.25) is 0 Å². The molecule has 0 aliphatic carbocycles. The van der Waals surface area contributed by atoms with Crippen LogP contribution in [0.15, 0.2) is 36.5 Å². The third-order valence-corrected chi connectivity index (χ3v) is 2.30. The van der Waals surface area contributed by atoms with Gasteiger partial charge in [-0.15, -0.1) is 0 Å². The highest BCUT2D eigenvalue weighted by Crippen LogP contribution is 2.16. The fourth-order valence-corrected chi connectivity index (χ4v) is 1.40. The highest BCUT2D eigenvalue weighted by Gasteiger charge is 2.01. The SMILES string of the molecule is Cc1ccccc1OCn1ccc(C(=O)[O-])n1. The molecule has 5 nitrogen and oxygen atoms in total. The number of hydrogen-bond donors (Lipinski definition) is 0. The molecular formula is C12H11N2O3-. The molecule has 0 spiro atoms. The molecule has 0 saturated heterocycles. The Bertz CT molecular complexity index is 534. The topological polar surface area (TPSA) is 67.2 Å². The number of carboxylic acid groups (broad SMARTS) is 1. The van der Waals surface area contributed by atoms with Crippen LogP contribution in [-0.4, -0.2) is 15.7 Å². The molecule has 88 valence electrons. The van der Waals surface area contributed by atoms with E-state index in [0.717, 1.165) is 11.3 Å². The van der Waals surface area contributed by atoms with Crippen LogP contribution in [0.5, 0.6) is 5.75 Å². The molecule has 0 atom stereocenters. The van der Waals surface area contributed by atoms with Crippen molar-refractivity contribution in [1.82, 2.24) is 9.78 Å². The minimum absolute atomic E-state index is 0.0987. The van der Waals surface area contributed by atoms with Crippen LogP contribution in [0.25, 0.3) is 0 Å². The summed E-state index contributed by atoms with van der Waals surface area (Å²) in [5, 5.41) is 14.3. The first-order valence-electron chi connectivity index (χ1n) is 5.10. The van der Waals surface area contributed by atoms with Crippen LogP contribution in [0.4, 0.5) is 0 Å². The smallest absolute Gasteiger partial charge is 0.180 e. The van der Waals surface area contributed by atoms with Gasteiger partial charge in [-0.05, 0) is 24.6 Å². The second-order valence-electron chi connectivity index (χ2n) is 3.57. The highest BCUT2D eigenvalue weighted by atomic mass is 16.5. The molecule has 0 saturated carbocycles. The van der Waals surface area contributed by atoms with E-state index in [1.165, 1.54) is 16.9 Å². The molecule has 17 heavy (non-hydrogen) atoms. The van der Waals surface area contributed by atoms with Crippen LogP contribution < -0.4 is 9.84 Å². The first-order valence-corrected chi connectivity index (χ1v) is 5.10. The summed E-state index contributed by atoms with van der Waals surface area (Å²) in [6, 6.07) is 8.95. The third-order valence-electron chi connectivity index (χ3n) is 2.30. The average molecular weight is 231 g/mol. The summed E-state index contributed by atoms with van der Waals surface area (Å²) in [6.07, 6.45) is 1.53. The zero-order valence-corrected chi connectivity index (χ0v) is 9.29. The Kier molecular flexibility index (Phi) is 3.09. The number of carboxylic acids is 1. The number of carbonyl (C=O) groups excluding carboxylic acids is 1. The van der Waals surface area contributed by atoms with Crippen molar-refractivity contribution in [3.8, 4) is 5.75 Å². The maximum absolute atomic E-state index is 10.5. The predicted octanol–water partition coefficient (Wildman–Crippen LogP) is 0.592. The highest BCUT2D eigenvalue weighted by molar-refractivity contribution is 5.83. The van der Waals surface area contributed by atoms with Crippen molar-refractivity contribution in [3.63, 3.8) is 0 Å². The Balaban J connectivity index is 2.02. The Hall–Kier alpha value is -2.30. The van der Waals surface area contributed by atoms with Gasteiger partial charge in [0, 0.05) is 6.20 Å². The number of aryl methyl sites for hydroxylation is 1. The monoisotopic (exact) mass is 231 g/mol. The standard InChI is InChI=1S/C12H12N2O3/c1-9-4-2-3-5-11(9)17-8-14-7-6-10(13-14)12(15)16/h2-7H,8H2,1H3,(H,15,16)/p-1. The summed E-state index contributed by atoms with van der Waals surface area (Å²) >= 11 is 0. The maximum atomic E-state index is 10.5. The van der Waals surface area contributed by atoms with Gasteiger partial charge in [-0.2, -0.15) is 5.10 Å². The Morgan fingerprint density at radius 3 is 2.82 bits per heavy atom. The first kappa shape index (κ1) is 11.2. The lowest BCUT2D eigenvalue weighted by molar-refractivity contribution is -0.255. The van der Waals surface area contributed by atoms with Crippen LogP contribution in [0.1, 0.15) is 16.1 Å². The second kappa shape index (κ2) is 4.69. The number of para-hydroxylation sites is 1. The number of ether oxygens (including phenoxy) is 1. The quantitative estimate of drug-likeness (QED) is 0.772. The number of nitrogens with zero attached hydrogens (tertiary/aromatic N) is 2. The van der Waals surface area contributed by atoms with E-state index in [4.69, 9.17) is 4.74 Å². The van der Waals surface area contributed by atoms with E-state index in [-0.39, 0.29) is 12.4 Å². The molecule has 2 aromatic rings. The molecule has 0 N–H and O–H groups in total. The van der Waals surface area contributed by atoms with Crippen molar-refractivity contribution in [2.45, 2.75) is 13.7 Å². The number of aromatic carboxylic acids is 1. The normalized spacial score (nSPS) is 10.2. The average Bonchev–Trinajstić information content (AvgIpc) is 2.77. The molecule has 1 aromatic heterocycles. The van der Waals surface area contributed by atoms with E-state index in [0.29, 0.717) is 0 Å². The van der Waals surface area contributed by atoms with Gasteiger partial charge in [0.1, 0.15) is 11.4 Å². The predicted molar refractivity (Wildman–Crippen MR) is 58.4 cm³/mol. The molecule has 0 amide bonds. The molecule has 0 radical (unpaired) electrons. The summed E-state index contributed by atoms with van der Waals surface area (Å²) < 4.78 is 6.90. The molecule has 5 heteroatoms. The van der Waals surface area contributed by atoms with Crippen molar-refractivity contribution in [2.24, 2.45) is 0 Å². The van der Waals surface area contributed by atoms with Crippen LogP contribution in [0, 0.1) is 6.92 Å². The van der Waals surface area contributed by atoms with E-state index >= 15 is 0 Å². The summed E-state index contributed by atoms with van der Waals surface area (Å²) in [4.78, 5) is 10.5. The molecule has 2 rings (SSSR count). The van der Waals surface area contributed by atoms with Crippen molar-refractivity contribution in [3.05, 3.63) is 47.8 Å². The minimum atomic E-state index is -1.29. The number of benzene rings is 1. The minimum Gasteiger partial charge on any atom is -0.543 e. The zero-order valence-electron chi connectivity index (χ0n) is 9.29. The van der Waals surface area contributed by atoms with Crippen LogP contribution in [-0.2, 0) is 6.73 Å². The summed E-state index contributed by atoms with van der Waals surface area (Å²) in [5.74, 6) is -0.544.